The molecular formula is C19H34N4O2S. The van der Waals surface area contributed by atoms with Gasteiger partial charge in [-0.1, -0.05) is 40.0 Å². The summed E-state index contributed by atoms with van der Waals surface area (Å²) in [6.07, 6.45) is 8.23. The van der Waals surface area contributed by atoms with Gasteiger partial charge in [-0.25, -0.2) is 4.79 Å². The predicted octanol–water partition coefficient (Wildman–Crippen LogP) is 4.46. The van der Waals surface area contributed by atoms with Crippen LogP contribution in [0.3, 0.4) is 0 Å². The highest BCUT2D eigenvalue weighted by Crippen LogP contribution is 2.17. The van der Waals surface area contributed by atoms with Crippen molar-refractivity contribution in [1.29, 1.82) is 0 Å². The van der Waals surface area contributed by atoms with Crippen molar-refractivity contribution in [2.75, 3.05) is 25.0 Å². The second-order valence-electron chi connectivity index (χ2n) is 6.35. The van der Waals surface area contributed by atoms with E-state index in [0.717, 1.165) is 58.2 Å². The Morgan fingerprint density at radius 2 is 1.77 bits per heavy atom. The highest BCUT2D eigenvalue weighted by Gasteiger charge is 2.20. The van der Waals surface area contributed by atoms with E-state index in [0.29, 0.717) is 23.1 Å². The summed E-state index contributed by atoms with van der Waals surface area (Å²) < 4.78 is 6.96. The molecule has 0 saturated carbocycles. The van der Waals surface area contributed by atoms with Crippen molar-refractivity contribution in [3.05, 3.63) is 11.8 Å². The van der Waals surface area contributed by atoms with Crippen LogP contribution in [0.1, 0.15) is 76.6 Å². The first-order chi connectivity index (χ1) is 12.6. The normalized spacial score (nSPS) is 10.6. The van der Waals surface area contributed by atoms with Crippen molar-refractivity contribution in [2.24, 2.45) is 0 Å². The molecule has 1 heterocycles. The van der Waals surface area contributed by atoms with E-state index in [9.17, 15) is 4.79 Å². The Hall–Kier alpha value is -1.63. The second-order valence-corrected chi connectivity index (χ2v) is 6.74. The summed E-state index contributed by atoms with van der Waals surface area (Å²) in [7, 11) is 0. The zero-order valence-corrected chi connectivity index (χ0v) is 17.5. The molecule has 0 amide bonds. The van der Waals surface area contributed by atoms with Crippen molar-refractivity contribution in [3.63, 3.8) is 0 Å². The van der Waals surface area contributed by atoms with E-state index in [1.165, 1.54) is 0 Å². The van der Waals surface area contributed by atoms with Gasteiger partial charge in [0.1, 0.15) is 5.56 Å². The van der Waals surface area contributed by atoms with Gasteiger partial charge in [0.05, 0.1) is 6.61 Å². The standard InChI is InChI=1S/C19H34N4O2S/c1-5-9-12-22(13-10-6-2)19(26)20-17-16(18(24)25-8-4)15-23(21-17)14-11-7-3/h15H,5-14H2,1-4H3,(H,20,21,26). The third-order valence-corrected chi connectivity index (χ3v) is 4.43. The van der Waals surface area contributed by atoms with Crippen molar-refractivity contribution < 1.29 is 9.53 Å². The van der Waals surface area contributed by atoms with Gasteiger partial charge in [0, 0.05) is 25.8 Å². The van der Waals surface area contributed by atoms with Gasteiger partial charge >= 0.3 is 5.97 Å². The van der Waals surface area contributed by atoms with E-state index in [1.54, 1.807) is 17.8 Å². The summed E-state index contributed by atoms with van der Waals surface area (Å²) in [6.45, 7) is 11.2. The van der Waals surface area contributed by atoms with Crippen molar-refractivity contribution in [1.82, 2.24) is 14.7 Å². The maximum absolute atomic E-state index is 12.3. The highest BCUT2D eigenvalue weighted by atomic mass is 32.1. The molecule has 1 rings (SSSR count). The molecule has 0 fully saturated rings. The molecule has 0 aliphatic carbocycles. The van der Waals surface area contributed by atoms with Gasteiger partial charge < -0.3 is 15.0 Å². The largest absolute Gasteiger partial charge is 0.462 e. The molecule has 26 heavy (non-hydrogen) atoms. The summed E-state index contributed by atoms with van der Waals surface area (Å²) in [5.74, 6) is 0.122. The van der Waals surface area contributed by atoms with Crippen LogP contribution in [0, 0.1) is 0 Å². The number of rotatable bonds is 12. The number of hydrogen-bond donors (Lipinski definition) is 1. The molecule has 6 nitrogen and oxygen atoms in total. The smallest absolute Gasteiger partial charge is 0.343 e. The van der Waals surface area contributed by atoms with Crippen LogP contribution in [0.4, 0.5) is 5.82 Å². The SMILES string of the molecule is CCCCN(CCCC)C(=S)Nc1nn(CCCC)cc1C(=O)OCC. The lowest BCUT2D eigenvalue weighted by Gasteiger charge is -2.25. The van der Waals surface area contributed by atoms with Gasteiger partial charge in [-0.15, -0.1) is 0 Å². The number of anilines is 1. The Bertz CT molecular complexity index is 552. The van der Waals surface area contributed by atoms with Gasteiger partial charge in [-0.05, 0) is 38.4 Å². The minimum atomic E-state index is -0.366. The van der Waals surface area contributed by atoms with Crippen LogP contribution >= 0.6 is 12.2 Å². The number of nitrogens with one attached hydrogen (secondary N) is 1. The molecule has 1 N–H and O–H groups in total. The lowest BCUT2D eigenvalue weighted by Crippen LogP contribution is -2.36. The van der Waals surface area contributed by atoms with E-state index in [1.807, 2.05) is 0 Å². The zero-order valence-electron chi connectivity index (χ0n) is 16.7. The van der Waals surface area contributed by atoms with Gasteiger partial charge in [0.25, 0.3) is 0 Å². The molecule has 0 aromatic carbocycles. The van der Waals surface area contributed by atoms with Crippen LogP contribution in [-0.4, -0.2) is 45.5 Å². The van der Waals surface area contributed by atoms with Crippen LogP contribution in [0.15, 0.2) is 6.20 Å². The van der Waals surface area contributed by atoms with E-state index in [2.05, 4.69) is 36.1 Å². The fraction of sp³-hybridized carbons (Fsp3) is 0.737. The molecule has 1 aromatic heterocycles. The fourth-order valence-electron chi connectivity index (χ4n) is 2.50. The van der Waals surface area contributed by atoms with Gasteiger partial charge in [-0.3, -0.25) is 4.68 Å². The van der Waals surface area contributed by atoms with Crippen LogP contribution in [0.2, 0.25) is 0 Å². The molecule has 148 valence electrons. The molecule has 0 aliphatic heterocycles. The number of hydrogen-bond acceptors (Lipinski definition) is 4. The van der Waals surface area contributed by atoms with Crippen LogP contribution in [0.25, 0.3) is 0 Å². The maximum Gasteiger partial charge on any atom is 0.343 e. The van der Waals surface area contributed by atoms with Crippen LogP contribution in [-0.2, 0) is 11.3 Å². The van der Waals surface area contributed by atoms with Crippen molar-refractivity contribution in [3.8, 4) is 0 Å². The van der Waals surface area contributed by atoms with E-state index in [-0.39, 0.29) is 5.97 Å². The Labute approximate surface area is 163 Å². The topological polar surface area (TPSA) is 59.4 Å². The first-order valence-corrected chi connectivity index (χ1v) is 10.3. The van der Waals surface area contributed by atoms with Crippen LogP contribution in [0.5, 0.6) is 0 Å². The Morgan fingerprint density at radius 1 is 1.15 bits per heavy atom. The maximum atomic E-state index is 12.3. The minimum absolute atomic E-state index is 0.335. The molecule has 7 heteroatoms. The molecule has 0 atom stereocenters. The number of aromatic nitrogens is 2. The molecule has 0 radical (unpaired) electrons. The fourth-order valence-corrected chi connectivity index (χ4v) is 2.78. The number of thiocarbonyl (C=S) groups is 1. The summed E-state index contributed by atoms with van der Waals surface area (Å²) in [5.41, 5.74) is 0.441. The summed E-state index contributed by atoms with van der Waals surface area (Å²) in [6, 6.07) is 0. The summed E-state index contributed by atoms with van der Waals surface area (Å²) >= 11 is 5.61. The first-order valence-electron chi connectivity index (χ1n) is 9.87. The predicted molar refractivity (Wildman–Crippen MR) is 111 cm³/mol. The number of esters is 1. The number of ether oxygens (including phenoxy) is 1. The second kappa shape index (κ2) is 12.7. The third-order valence-electron chi connectivity index (χ3n) is 4.07. The average Bonchev–Trinajstić information content (AvgIpc) is 3.03. The number of carbonyl (C=O) groups excluding carboxylic acids is 1. The van der Waals surface area contributed by atoms with E-state index < -0.39 is 0 Å². The summed E-state index contributed by atoms with van der Waals surface area (Å²) in [5, 5.41) is 8.34. The number of nitrogens with zero attached hydrogens (tertiary/aromatic N) is 3. The number of carbonyl (C=O) groups is 1. The average molecular weight is 383 g/mol. The first kappa shape index (κ1) is 22.4. The molecule has 0 spiro atoms. The lowest BCUT2D eigenvalue weighted by atomic mass is 10.3. The van der Waals surface area contributed by atoms with E-state index in [4.69, 9.17) is 17.0 Å². The van der Waals surface area contributed by atoms with Crippen LogP contribution < -0.4 is 5.32 Å². The Kier molecular flexibility index (Phi) is 10.9. The van der Waals surface area contributed by atoms with Gasteiger partial charge in [0.2, 0.25) is 0 Å². The highest BCUT2D eigenvalue weighted by molar-refractivity contribution is 7.80. The van der Waals surface area contributed by atoms with Gasteiger partial charge in [0.15, 0.2) is 10.9 Å². The molecule has 0 unspecified atom stereocenters. The molecule has 1 aromatic rings. The number of unbranched alkanes of at least 4 members (excludes halogenated alkanes) is 3. The lowest BCUT2D eigenvalue weighted by molar-refractivity contribution is 0.0527. The quantitative estimate of drug-likeness (QED) is 0.425. The summed E-state index contributed by atoms with van der Waals surface area (Å²) in [4.78, 5) is 14.4. The molecule has 0 bridgehead atoms. The zero-order chi connectivity index (χ0) is 19.4. The molecular weight excluding hydrogens is 348 g/mol. The number of aryl methyl sites for hydroxylation is 1. The van der Waals surface area contributed by atoms with Gasteiger partial charge in [-0.2, -0.15) is 5.10 Å². The molecule has 0 saturated heterocycles. The van der Waals surface area contributed by atoms with Crippen molar-refractivity contribution >= 4 is 29.1 Å². The third kappa shape index (κ3) is 7.32. The monoisotopic (exact) mass is 382 g/mol. The minimum Gasteiger partial charge on any atom is -0.462 e. The van der Waals surface area contributed by atoms with Crippen molar-refractivity contribution in [2.45, 2.75) is 72.8 Å². The molecule has 0 aliphatic rings. The van der Waals surface area contributed by atoms with E-state index >= 15 is 0 Å². The Balaban J connectivity index is 2.93. The Morgan fingerprint density at radius 3 is 2.31 bits per heavy atom.